The van der Waals surface area contributed by atoms with E-state index in [1.54, 1.807) is 0 Å². The molecule has 0 atom stereocenters. The fourth-order valence-corrected chi connectivity index (χ4v) is 9.30. The van der Waals surface area contributed by atoms with Crippen LogP contribution in [0.4, 0.5) is 17.1 Å². The largest absolute Gasteiger partial charge is 0.456 e. The van der Waals surface area contributed by atoms with E-state index in [4.69, 9.17) is 4.42 Å². The summed E-state index contributed by atoms with van der Waals surface area (Å²) < 4.78 is 8.98. The van der Waals surface area contributed by atoms with Gasteiger partial charge in [0.1, 0.15) is 11.2 Å². The lowest BCUT2D eigenvalue weighted by Gasteiger charge is -2.29. The van der Waals surface area contributed by atoms with Gasteiger partial charge in [0.15, 0.2) is 0 Å². The normalized spacial score (nSPS) is 11.7. The van der Waals surface area contributed by atoms with Gasteiger partial charge in [-0.1, -0.05) is 152 Å². The molecule has 0 aliphatic heterocycles. The highest BCUT2D eigenvalue weighted by Gasteiger charge is 2.22. The molecular formula is C56H36N2O. The standard InChI is InChI=1S/C56H36N2O/c1-2-16-40-35-55-50(34-39(40)15-1)56-49(25-13-29-54(56)59-55)48-23-7-8-26-51(48)57(41-32-30-38(31-33-41)45-24-11-17-37-14-3-4-20-44(37)45)42-18-12-19-43(36-42)58-52-27-9-5-21-46(52)47-22-6-10-28-53(47)58/h1-36H. The molecule has 0 saturated carbocycles. The van der Waals surface area contributed by atoms with Gasteiger partial charge in [-0.15, -0.1) is 0 Å². The quantitative estimate of drug-likeness (QED) is 0.169. The molecule has 0 aliphatic rings. The van der Waals surface area contributed by atoms with Gasteiger partial charge in [0.2, 0.25) is 0 Å². The lowest BCUT2D eigenvalue weighted by molar-refractivity contribution is 0.669. The number of para-hydroxylation sites is 3. The Kier molecular flexibility index (Phi) is 7.54. The first-order valence-electron chi connectivity index (χ1n) is 20.2. The molecule has 0 bridgehead atoms. The first-order chi connectivity index (χ1) is 29.3. The number of hydrogen-bond acceptors (Lipinski definition) is 2. The number of furan rings is 1. The highest BCUT2D eigenvalue weighted by atomic mass is 16.3. The fourth-order valence-electron chi connectivity index (χ4n) is 9.30. The summed E-state index contributed by atoms with van der Waals surface area (Å²) in [6.45, 7) is 0. The van der Waals surface area contributed by atoms with E-state index in [1.165, 1.54) is 54.5 Å². The van der Waals surface area contributed by atoms with Gasteiger partial charge in [-0.2, -0.15) is 0 Å². The number of fused-ring (bicyclic) bond motifs is 8. The molecule has 12 aromatic rings. The summed E-state index contributed by atoms with van der Waals surface area (Å²) >= 11 is 0. The molecule has 0 spiro atoms. The third kappa shape index (κ3) is 5.36. The molecule has 2 heterocycles. The smallest absolute Gasteiger partial charge is 0.136 e. The summed E-state index contributed by atoms with van der Waals surface area (Å²) in [6, 6.07) is 78.8. The van der Waals surface area contributed by atoms with Gasteiger partial charge in [-0.05, 0) is 105 Å². The molecule has 0 saturated heterocycles. The topological polar surface area (TPSA) is 21.3 Å². The van der Waals surface area contributed by atoms with E-state index in [0.29, 0.717) is 0 Å². The van der Waals surface area contributed by atoms with E-state index >= 15 is 0 Å². The van der Waals surface area contributed by atoms with Crippen LogP contribution >= 0.6 is 0 Å². The predicted octanol–water partition coefficient (Wildman–Crippen LogP) is 15.8. The van der Waals surface area contributed by atoms with Crippen molar-refractivity contribution in [3.05, 3.63) is 218 Å². The number of nitrogens with zero attached hydrogens (tertiary/aromatic N) is 2. The molecule has 12 rings (SSSR count). The molecule has 0 radical (unpaired) electrons. The summed E-state index contributed by atoms with van der Waals surface area (Å²) in [5, 5.41) is 9.57. The molecule has 0 fully saturated rings. The molecule has 59 heavy (non-hydrogen) atoms. The summed E-state index contributed by atoms with van der Waals surface area (Å²) in [6.07, 6.45) is 0. The van der Waals surface area contributed by atoms with Crippen molar-refractivity contribution in [2.24, 2.45) is 0 Å². The molecule has 0 N–H and O–H groups in total. The van der Waals surface area contributed by atoms with Gasteiger partial charge >= 0.3 is 0 Å². The maximum atomic E-state index is 6.59. The van der Waals surface area contributed by atoms with Crippen molar-refractivity contribution in [3.8, 4) is 27.9 Å². The minimum atomic E-state index is 0.877. The second-order valence-corrected chi connectivity index (χ2v) is 15.3. The van der Waals surface area contributed by atoms with Crippen LogP contribution in [-0.4, -0.2) is 4.57 Å². The molecular weight excluding hydrogens is 717 g/mol. The lowest BCUT2D eigenvalue weighted by Crippen LogP contribution is -2.12. The summed E-state index contributed by atoms with van der Waals surface area (Å²) in [7, 11) is 0. The number of rotatable bonds is 6. The first kappa shape index (κ1) is 33.3. The van der Waals surface area contributed by atoms with Crippen LogP contribution in [0.1, 0.15) is 0 Å². The van der Waals surface area contributed by atoms with Crippen LogP contribution in [0.3, 0.4) is 0 Å². The third-order valence-corrected chi connectivity index (χ3v) is 12.0. The molecule has 2 aromatic heterocycles. The average Bonchev–Trinajstić information content (AvgIpc) is 3.84. The van der Waals surface area contributed by atoms with Crippen molar-refractivity contribution in [3.63, 3.8) is 0 Å². The van der Waals surface area contributed by atoms with Crippen LogP contribution in [0, 0.1) is 0 Å². The van der Waals surface area contributed by atoms with Crippen molar-refractivity contribution in [1.29, 1.82) is 0 Å². The Bertz CT molecular complexity index is 3510. The second kappa shape index (κ2) is 13.4. The molecule has 0 unspecified atom stereocenters. The highest BCUT2D eigenvalue weighted by Crippen LogP contribution is 2.46. The van der Waals surface area contributed by atoms with Crippen LogP contribution < -0.4 is 4.90 Å². The minimum absolute atomic E-state index is 0.877. The Balaban J connectivity index is 1.08. The Labute approximate surface area is 341 Å². The summed E-state index contributed by atoms with van der Waals surface area (Å²) in [5.74, 6) is 0. The minimum Gasteiger partial charge on any atom is -0.456 e. The van der Waals surface area contributed by atoms with Gasteiger partial charge in [-0.3, -0.25) is 0 Å². The van der Waals surface area contributed by atoms with Crippen molar-refractivity contribution < 1.29 is 4.42 Å². The Morgan fingerprint density at radius 3 is 1.75 bits per heavy atom. The zero-order valence-electron chi connectivity index (χ0n) is 32.1. The highest BCUT2D eigenvalue weighted by molar-refractivity contribution is 6.17. The maximum Gasteiger partial charge on any atom is 0.136 e. The van der Waals surface area contributed by atoms with E-state index in [1.807, 2.05) is 0 Å². The number of anilines is 3. The molecule has 3 nitrogen and oxygen atoms in total. The monoisotopic (exact) mass is 752 g/mol. The first-order valence-corrected chi connectivity index (χ1v) is 20.2. The SMILES string of the molecule is c1cc(N(c2ccc(-c3cccc4ccccc34)cc2)c2ccccc2-c2cccc3oc4cc5ccccc5cc4c23)cc(-n2c3ccccc3c3ccccc32)c1. The van der Waals surface area contributed by atoms with Gasteiger partial charge < -0.3 is 13.9 Å². The maximum absolute atomic E-state index is 6.59. The van der Waals surface area contributed by atoms with E-state index in [-0.39, 0.29) is 0 Å². The van der Waals surface area contributed by atoms with E-state index in [9.17, 15) is 0 Å². The van der Waals surface area contributed by atoms with Gasteiger partial charge in [-0.25, -0.2) is 0 Å². The van der Waals surface area contributed by atoms with Crippen molar-refractivity contribution >= 4 is 82.4 Å². The number of hydrogen-bond donors (Lipinski definition) is 0. The van der Waals surface area contributed by atoms with Crippen molar-refractivity contribution in [2.75, 3.05) is 4.90 Å². The summed E-state index contributed by atoms with van der Waals surface area (Å²) in [4.78, 5) is 2.41. The lowest BCUT2D eigenvalue weighted by atomic mass is 9.95. The molecule has 0 amide bonds. The predicted molar refractivity (Wildman–Crippen MR) is 249 cm³/mol. The van der Waals surface area contributed by atoms with Crippen LogP contribution in [0.5, 0.6) is 0 Å². The van der Waals surface area contributed by atoms with Crippen molar-refractivity contribution in [2.45, 2.75) is 0 Å². The van der Waals surface area contributed by atoms with Crippen LogP contribution in [0.25, 0.3) is 93.2 Å². The molecule has 0 aliphatic carbocycles. The zero-order chi connectivity index (χ0) is 38.9. The van der Waals surface area contributed by atoms with Crippen molar-refractivity contribution in [1.82, 2.24) is 4.57 Å². The third-order valence-electron chi connectivity index (χ3n) is 12.0. The Morgan fingerprint density at radius 2 is 0.949 bits per heavy atom. The molecule has 10 aromatic carbocycles. The summed E-state index contributed by atoms with van der Waals surface area (Å²) in [5.41, 5.74) is 13.1. The number of benzene rings is 10. The van der Waals surface area contributed by atoms with E-state index in [0.717, 1.165) is 55.8 Å². The van der Waals surface area contributed by atoms with Gasteiger partial charge in [0.25, 0.3) is 0 Å². The molecule has 276 valence electrons. The van der Waals surface area contributed by atoms with E-state index in [2.05, 4.69) is 228 Å². The van der Waals surface area contributed by atoms with Gasteiger partial charge in [0.05, 0.1) is 16.7 Å². The Hall–Kier alpha value is -7.88. The zero-order valence-corrected chi connectivity index (χ0v) is 32.1. The van der Waals surface area contributed by atoms with Crippen LogP contribution in [-0.2, 0) is 0 Å². The molecule has 3 heteroatoms. The fraction of sp³-hybridized carbons (Fsp3) is 0. The van der Waals surface area contributed by atoms with Gasteiger partial charge in [0, 0.05) is 44.2 Å². The Morgan fingerprint density at radius 1 is 0.356 bits per heavy atom. The second-order valence-electron chi connectivity index (χ2n) is 15.3. The number of aromatic nitrogens is 1. The van der Waals surface area contributed by atoms with Crippen LogP contribution in [0.15, 0.2) is 223 Å². The van der Waals surface area contributed by atoms with Crippen LogP contribution in [0.2, 0.25) is 0 Å². The average molecular weight is 753 g/mol. The van der Waals surface area contributed by atoms with E-state index < -0.39 is 0 Å².